The average molecular weight is 1070 g/mol. The van der Waals surface area contributed by atoms with Gasteiger partial charge in [0.05, 0.1) is 34.1 Å². The van der Waals surface area contributed by atoms with Crippen LogP contribution in [-0.4, -0.2) is 121 Å². The molecule has 5 fully saturated rings. The van der Waals surface area contributed by atoms with Crippen molar-refractivity contribution >= 4 is 56.1 Å². The van der Waals surface area contributed by atoms with Crippen molar-refractivity contribution in [3.63, 3.8) is 0 Å². The first-order chi connectivity index (χ1) is 37.2. The lowest BCUT2D eigenvalue weighted by Gasteiger charge is -2.40. The van der Waals surface area contributed by atoms with Crippen LogP contribution in [0.2, 0.25) is 0 Å². The molecular formula is C59H74N8O9S. The monoisotopic (exact) mass is 1070 g/mol. The van der Waals surface area contributed by atoms with Crippen LogP contribution in [0.3, 0.4) is 0 Å². The molecule has 4 aromatic carbocycles. The van der Waals surface area contributed by atoms with Gasteiger partial charge in [0, 0.05) is 95.6 Å². The molecule has 0 spiro atoms. The number of benzene rings is 4. The number of imidazole rings is 1. The summed E-state index contributed by atoms with van der Waals surface area (Å²) < 4.78 is 45.9. The van der Waals surface area contributed by atoms with E-state index >= 15 is 0 Å². The molecule has 6 heterocycles. The van der Waals surface area contributed by atoms with Crippen molar-refractivity contribution in [3.05, 3.63) is 107 Å². The topological polar surface area (TPSA) is 185 Å². The molecule has 18 heteroatoms. The van der Waals surface area contributed by atoms with E-state index in [2.05, 4.69) is 32.0 Å². The molecule has 1 unspecified atom stereocenters. The Morgan fingerprint density at radius 3 is 2.05 bits per heavy atom. The predicted octanol–water partition coefficient (Wildman–Crippen LogP) is 7.89. The molecule has 5 aliphatic heterocycles. The Morgan fingerprint density at radius 1 is 0.688 bits per heavy atom. The minimum absolute atomic E-state index is 0.108. The quantitative estimate of drug-likeness (QED) is 0.0917. The molecule has 410 valence electrons. The van der Waals surface area contributed by atoms with E-state index in [0.717, 1.165) is 89.4 Å². The first-order valence-electron chi connectivity index (χ1n) is 27.9. The van der Waals surface area contributed by atoms with Crippen LogP contribution in [0, 0.1) is 23.7 Å². The smallest absolute Gasteiger partial charge is 0.328 e. The fourth-order valence-corrected chi connectivity index (χ4v) is 13.5. The number of amides is 4. The Kier molecular flexibility index (Phi) is 16.4. The van der Waals surface area contributed by atoms with Crippen LogP contribution in [-0.2, 0) is 38.5 Å². The van der Waals surface area contributed by atoms with E-state index in [1.807, 2.05) is 30.0 Å². The standard InChI is InChI=1S/C59H74N8O9S/c1-4-32-75-47-11-7-12-48(36-47)76-54-38-53-52(62(2)59(72)63(53)3)37-51(54)61-77(73,74)49-13-6-9-45(35-49)58(71)67-30-22-43(23-31-67)57(70)66-28-18-41(19-29-66)33-40-16-24-64(25-17-40)39-42-20-26-65(27-21-42)46-10-5-8-44(34-46)50-14-15-55(68)60-56(50)69/h5-13,34-38,40-43,50,61H,4,14-33,39H2,1-3H3,(H,60,68,69). The number of sulfonamides is 1. The van der Waals surface area contributed by atoms with Gasteiger partial charge in [-0.15, -0.1) is 0 Å². The van der Waals surface area contributed by atoms with Gasteiger partial charge in [-0.1, -0.05) is 31.2 Å². The second-order valence-corrected chi connectivity index (χ2v) is 23.8. The summed E-state index contributed by atoms with van der Waals surface area (Å²) in [5.74, 6) is 2.35. The molecular weight excluding hydrogens is 997 g/mol. The largest absolute Gasteiger partial charge is 0.493 e. The summed E-state index contributed by atoms with van der Waals surface area (Å²) in [7, 11) is -1.02. The second kappa shape index (κ2) is 23.5. The molecule has 0 bridgehead atoms. The minimum atomic E-state index is -4.27. The predicted molar refractivity (Wildman–Crippen MR) is 296 cm³/mol. The summed E-state index contributed by atoms with van der Waals surface area (Å²) >= 11 is 0. The molecule has 5 aliphatic rings. The van der Waals surface area contributed by atoms with Crippen molar-refractivity contribution in [1.29, 1.82) is 0 Å². The molecule has 0 saturated carbocycles. The number of piperidine rings is 5. The zero-order valence-electron chi connectivity index (χ0n) is 44.8. The minimum Gasteiger partial charge on any atom is -0.493 e. The van der Waals surface area contributed by atoms with Crippen molar-refractivity contribution in [2.45, 2.75) is 94.8 Å². The molecule has 1 atom stereocenters. The maximum absolute atomic E-state index is 14.1. The number of carbonyl (C=O) groups is 4. The highest BCUT2D eigenvalue weighted by molar-refractivity contribution is 7.92. The molecule has 5 aromatic rings. The van der Waals surface area contributed by atoms with E-state index in [0.29, 0.717) is 79.7 Å². The number of hydrogen-bond acceptors (Lipinski definition) is 11. The van der Waals surface area contributed by atoms with E-state index < -0.39 is 10.0 Å². The number of anilines is 2. The number of imide groups is 1. The highest BCUT2D eigenvalue weighted by Gasteiger charge is 2.35. The highest BCUT2D eigenvalue weighted by Crippen LogP contribution is 2.38. The third kappa shape index (κ3) is 12.4. The van der Waals surface area contributed by atoms with Crippen molar-refractivity contribution in [1.82, 2.24) is 29.2 Å². The molecule has 0 radical (unpaired) electrons. The lowest BCUT2D eigenvalue weighted by molar-refractivity contribution is -0.138. The number of aromatic nitrogens is 2. The maximum atomic E-state index is 14.1. The Balaban J connectivity index is 0.661. The molecule has 17 nitrogen and oxygen atoms in total. The first kappa shape index (κ1) is 53.7. The molecule has 1 aromatic heterocycles. The van der Waals surface area contributed by atoms with Gasteiger partial charge < -0.3 is 29.1 Å². The Morgan fingerprint density at radius 2 is 1.34 bits per heavy atom. The molecule has 2 N–H and O–H groups in total. The highest BCUT2D eigenvalue weighted by atomic mass is 32.2. The number of likely N-dealkylation sites (tertiary alicyclic amines) is 3. The number of fused-ring (bicyclic) bond motifs is 1. The van der Waals surface area contributed by atoms with Gasteiger partial charge in [0.1, 0.15) is 11.5 Å². The molecule has 77 heavy (non-hydrogen) atoms. The summed E-state index contributed by atoms with van der Waals surface area (Å²) in [6.45, 7) is 10.4. The molecule has 4 amide bonds. The Labute approximate surface area is 451 Å². The molecule has 5 saturated heterocycles. The second-order valence-electron chi connectivity index (χ2n) is 22.1. The number of nitrogens with zero attached hydrogens (tertiary/aromatic N) is 6. The van der Waals surface area contributed by atoms with Crippen molar-refractivity contribution in [2.24, 2.45) is 37.8 Å². The van der Waals surface area contributed by atoms with Crippen molar-refractivity contribution in [3.8, 4) is 17.2 Å². The zero-order valence-corrected chi connectivity index (χ0v) is 45.6. The normalized spacial score (nSPS) is 19.9. The zero-order chi connectivity index (χ0) is 53.8. The van der Waals surface area contributed by atoms with Crippen LogP contribution in [0.15, 0.2) is 94.6 Å². The molecule has 10 rings (SSSR count). The van der Waals surface area contributed by atoms with Gasteiger partial charge in [-0.25, -0.2) is 13.2 Å². The van der Waals surface area contributed by atoms with Crippen LogP contribution in [0.1, 0.15) is 106 Å². The van der Waals surface area contributed by atoms with Gasteiger partial charge in [-0.05, 0) is 156 Å². The van der Waals surface area contributed by atoms with Crippen LogP contribution in [0.25, 0.3) is 11.0 Å². The van der Waals surface area contributed by atoms with Gasteiger partial charge in [-0.2, -0.15) is 0 Å². The maximum Gasteiger partial charge on any atom is 0.328 e. The Bertz CT molecular complexity index is 3140. The van der Waals surface area contributed by atoms with Crippen molar-refractivity contribution < 1.29 is 37.1 Å². The lowest BCUT2D eigenvalue weighted by atomic mass is 9.82. The van der Waals surface area contributed by atoms with Gasteiger partial charge in [-0.3, -0.25) is 38.4 Å². The van der Waals surface area contributed by atoms with Crippen molar-refractivity contribution in [2.75, 3.05) is 75.1 Å². The van der Waals surface area contributed by atoms with E-state index in [9.17, 15) is 32.4 Å². The van der Waals surface area contributed by atoms with Crippen LogP contribution >= 0.6 is 0 Å². The summed E-state index contributed by atoms with van der Waals surface area (Å²) in [6.07, 6.45) is 11.0. The van der Waals surface area contributed by atoms with E-state index in [4.69, 9.17) is 9.47 Å². The van der Waals surface area contributed by atoms with Gasteiger partial charge >= 0.3 is 5.69 Å². The number of nitrogens with one attached hydrogen (secondary N) is 2. The third-order valence-electron chi connectivity index (χ3n) is 17.0. The number of hydrogen-bond donors (Lipinski definition) is 2. The number of aryl methyl sites for hydroxylation is 2. The fourth-order valence-electron chi connectivity index (χ4n) is 12.4. The lowest BCUT2D eigenvalue weighted by Crippen LogP contribution is -2.47. The number of ether oxygens (including phenoxy) is 2. The third-order valence-corrected chi connectivity index (χ3v) is 18.3. The molecule has 0 aliphatic carbocycles. The van der Waals surface area contributed by atoms with Crippen LogP contribution in [0.4, 0.5) is 11.4 Å². The van der Waals surface area contributed by atoms with Gasteiger partial charge in [0.2, 0.25) is 17.7 Å². The van der Waals surface area contributed by atoms with Crippen LogP contribution < -0.4 is 30.1 Å². The first-order valence-corrected chi connectivity index (χ1v) is 29.4. The van der Waals surface area contributed by atoms with Gasteiger partial charge in [0.15, 0.2) is 5.75 Å². The summed E-state index contributed by atoms with van der Waals surface area (Å²) in [4.78, 5) is 73.7. The van der Waals surface area contributed by atoms with Crippen LogP contribution in [0.5, 0.6) is 17.2 Å². The summed E-state index contributed by atoms with van der Waals surface area (Å²) in [6, 6.07) is 24.5. The number of rotatable bonds is 16. The summed E-state index contributed by atoms with van der Waals surface area (Å²) in [5, 5.41) is 2.50. The van der Waals surface area contributed by atoms with E-state index in [1.54, 1.807) is 61.5 Å². The van der Waals surface area contributed by atoms with Gasteiger partial charge in [0.25, 0.3) is 15.9 Å². The van der Waals surface area contributed by atoms with E-state index in [-0.39, 0.29) is 63.1 Å². The van der Waals surface area contributed by atoms with E-state index in [1.165, 1.54) is 46.2 Å². The Hall–Kier alpha value is -6.66. The average Bonchev–Trinajstić information content (AvgIpc) is 3.69. The summed E-state index contributed by atoms with van der Waals surface area (Å²) in [5.41, 5.74) is 3.26. The SMILES string of the molecule is CCCOc1cccc(Oc2cc3c(cc2NS(=O)(=O)c2cccc(C(=O)N4CCC(C(=O)N5CCC(CC6CCN(CC7CCN(c8cccc(C9CCC(=O)NC9=O)c8)CC7)CC6)CC5)CC4)c2)n(C)c(=O)n3C)c1. The fraction of sp³-hybridized carbons (Fsp3) is 0.508. The number of carbonyl (C=O) groups excluding carboxylic acids is 4.